The maximum Gasteiger partial charge on any atom is 0.410 e. The van der Waals surface area contributed by atoms with Gasteiger partial charge in [-0.3, -0.25) is 14.4 Å². The Morgan fingerprint density at radius 3 is 2.33 bits per heavy atom. The number of alkyl halides is 2. The van der Waals surface area contributed by atoms with Crippen LogP contribution in [0.1, 0.15) is 82.3 Å². The van der Waals surface area contributed by atoms with Crippen LogP contribution in [0.15, 0.2) is 12.1 Å². The summed E-state index contributed by atoms with van der Waals surface area (Å²) in [5.74, 6) is -4.97. The van der Waals surface area contributed by atoms with Gasteiger partial charge in [-0.1, -0.05) is 6.07 Å². The second kappa shape index (κ2) is 9.88. The van der Waals surface area contributed by atoms with E-state index in [1.807, 2.05) is 0 Å². The van der Waals surface area contributed by atoms with Gasteiger partial charge in [0.25, 0.3) is 11.8 Å². The normalized spacial score (nSPS) is 22.4. The van der Waals surface area contributed by atoms with Crippen molar-refractivity contribution >= 4 is 23.9 Å². The summed E-state index contributed by atoms with van der Waals surface area (Å²) in [6.07, 6.45) is -1.05. The van der Waals surface area contributed by atoms with Crippen molar-refractivity contribution in [2.45, 2.75) is 95.9 Å². The lowest BCUT2D eigenvalue weighted by molar-refractivity contribution is -0.155. The van der Waals surface area contributed by atoms with E-state index in [1.165, 1.54) is 17.0 Å². The molecule has 3 aliphatic heterocycles. The lowest BCUT2D eigenvalue weighted by atomic mass is 9.71. The largest absolute Gasteiger partial charge is 0.492 e. The molecule has 3 aliphatic rings. The van der Waals surface area contributed by atoms with Crippen molar-refractivity contribution in [2.24, 2.45) is 5.73 Å². The number of amides is 3. The molecule has 3 amide bonds. The van der Waals surface area contributed by atoms with Gasteiger partial charge >= 0.3 is 12.1 Å². The third-order valence-electron chi connectivity index (χ3n) is 7.36. The van der Waals surface area contributed by atoms with Gasteiger partial charge in [0.1, 0.15) is 29.6 Å². The van der Waals surface area contributed by atoms with Gasteiger partial charge in [0.2, 0.25) is 5.91 Å². The molecule has 1 aromatic rings. The van der Waals surface area contributed by atoms with Gasteiger partial charge in [-0.25, -0.2) is 13.6 Å². The molecule has 0 radical (unpaired) electrons. The number of fused-ring (bicyclic) bond motifs is 4. The summed E-state index contributed by atoms with van der Waals surface area (Å²) in [5, 5.41) is 0. The standard InChI is InChI=1S/C28H37F2N3O7/c1-25(2,3)39-20(34)10-9-19(22(31)35)33-13-17-16(23(33)36)7-8-18-21(17)38-15-27(18)11-12-32(14-28(27,29)30)24(37)40-26(4,5)6/h7-8,19H,9-15H2,1-6H3,(H2,31,35)/t19-,27?/m0/s1. The molecule has 0 bridgehead atoms. The number of hydrogen-bond donors (Lipinski definition) is 1. The van der Waals surface area contributed by atoms with Crippen LogP contribution in [0.4, 0.5) is 13.6 Å². The van der Waals surface area contributed by atoms with Gasteiger partial charge in [0.05, 0.1) is 18.5 Å². The minimum Gasteiger partial charge on any atom is -0.492 e. The average molecular weight is 566 g/mol. The van der Waals surface area contributed by atoms with Crippen LogP contribution < -0.4 is 10.5 Å². The second-order valence-corrected chi connectivity index (χ2v) is 12.7. The van der Waals surface area contributed by atoms with E-state index in [-0.39, 0.29) is 55.8 Å². The topological polar surface area (TPSA) is 128 Å². The zero-order valence-corrected chi connectivity index (χ0v) is 23.8. The molecule has 40 heavy (non-hydrogen) atoms. The Labute approximate surface area is 232 Å². The first-order valence-corrected chi connectivity index (χ1v) is 13.3. The number of nitrogens with zero attached hydrogens (tertiary/aromatic N) is 2. The lowest BCUT2D eigenvalue weighted by Gasteiger charge is -2.44. The molecule has 2 atom stereocenters. The van der Waals surface area contributed by atoms with Crippen LogP contribution >= 0.6 is 0 Å². The first-order valence-electron chi connectivity index (χ1n) is 13.3. The van der Waals surface area contributed by atoms with Crippen LogP contribution in [0.3, 0.4) is 0 Å². The van der Waals surface area contributed by atoms with Crippen LogP contribution in [-0.2, 0) is 31.0 Å². The Morgan fingerprint density at radius 2 is 1.75 bits per heavy atom. The molecule has 1 aromatic carbocycles. The highest BCUT2D eigenvalue weighted by Gasteiger charge is 2.63. The molecular weight excluding hydrogens is 528 g/mol. The Kier molecular flexibility index (Phi) is 7.30. The van der Waals surface area contributed by atoms with Gasteiger partial charge in [-0.2, -0.15) is 0 Å². The molecular formula is C28H37F2N3O7. The molecule has 1 unspecified atom stereocenters. The number of nitrogens with two attached hydrogens (primary N) is 1. The fourth-order valence-corrected chi connectivity index (χ4v) is 5.52. The number of primary amides is 1. The molecule has 1 spiro atoms. The molecule has 1 fully saturated rings. The highest BCUT2D eigenvalue weighted by molar-refractivity contribution is 6.02. The van der Waals surface area contributed by atoms with Crippen molar-refractivity contribution in [2.75, 3.05) is 19.7 Å². The first-order chi connectivity index (χ1) is 18.4. The van der Waals surface area contributed by atoms with E-state index >= 15 is 8.78 Å². The highest BCUT2D eigenvalue weighted by atomic mass is 19.3. The van der Waals surface area contributed by atoms with E-state index < -0.39 is 59.0 Å². The minimum absolute atomic E-state index is 0.0455. The van der Waals surface area contributed by atoms with E-state index in [2.05, 4.69) is 0 Å². The Morgan fingerprint density at radius 1 is 1.10 bits per heavy atom. The SMILES string of the molecule is CC(C)(C)OC(=O)CC[C@@H](C(N)=O)N1Cc2c(ccc3c2OCC32CCN(C(=O)OC(C)(C)C)CC2(F)F)C1=O. The monoisotopic (exact) mass is 565 g/mol. The first kappa shape index (κ1) is 29.5. The van der Waals surface area contributed by atoms with E-state index in [4.69, 9.17) is 19.9 Å². The van der Waals surface area contributed by atoms with Crippen LogP contribution in [0.5, 0.6) is 5.75 Å². The van der Waals surface area contributed by atoms with Crippen molar-refractivity contribution in [3.8, 4) is 5.75 Å². The van der Waals surface area contributed by atoms with Crippen LogP contribution in [0, 0.1) is 0 Å². The predicted octanol–water partition coefficient (Wildman–Crippen LogP) is 3.52. The molecule has 0 aliphatic carbocycles. The second-order valence-electron chi connectivity index (χ2n) is 12.7. The third kappa shape index (κ3) is 5.44. The summed E-state index contributed by atoms with van der Waals surface area (Å²) < 4.78 is 48.0. The van der Waals surface area contributed by atoms with Crippen LogP contribution in [-0.4, -0.2) is 76.5 Å². The molecule has 12 heteroatoms. The van der Waals surface area contributed by atoms with E-state index in [9.17, 15) is 19.2 Å². The molecule has 4 rings (SSSR count). The summed E-state index contributed by atoms with van der Waals surface area (Å²) in [6, 6.07) is 1.84. The quantitative estimate of drug-likeness (QED) is 0.541. The van der Waals surface area contributed by atoms with Gasteiger partial charge in [0, 0.05) is 29.7 Å². The molecule has 3 heterocycles. The zero-order chi connectivity index (χ0) is 29.8. The summed E-state index contributed by atoms with van der Waals surface area (Å²) in [6.45, 7) is 8.97. The summed E-state index contributed by atoms with van der Waals surface area (Å²) >= 11 is 0. The highest BCUT2D eigenvalue weighted by Crippen LogP contribution is 2.55. The number of ether oxygens (including phenoxy) is 3. The van der Waals surface area contributed by atoms with Crippen molar-refractivity contribution in [1.82, 2.24) is 9.80 Å². The molecule has 0 aromatic heterocycles. The Bertz CT molecular complexity index is 1240. The third-order valence-corrected chi connectivity index (χ3v) is 7.36. The number of carbonyl (C=O) groups excluding carboxylic acids is 4. The van der Waals surface area contributed by atoms with Gasteiger partial charge < -0.3 is 29.7 Å². The fraction of sp³-hybridized carbons (Fsp3) is 0.643. The van der Waals surface area contributed by atoms with Crippen molar-refractivity contribution < 1.29 is 42.2 Å². The zero-order valence-electron chi connectivity index (χ0n) is 23.8. The number of esters is 1. The number of carbonyl (C=O) groups is 4. The fourth-order valence-electron chi connectivity index (χ4n) is 5.52. The maximum absolute atomic E-state index is 15.8. The van der Waals surface area contributed by atoms with Crippen molar-refractivity contribution in [1.29, 1.82) is 0 Å². The number of hydrogen-bond acceptors (Lipinski definition) is 7. The number of halogens is 2. The van der Waals surface area contributed by atoms with E-state index in [1.54, 1.807) is 41.5 Å². The Hall–Kier alpha value is -3.44. The summed E-state index contributed by atoms with van der Waals surface area (Å²) in [4.78, 5) is 52.6. The number of benzene rings is 1. The van der Waals surface area contributed by atoms with Gasteiger partial charge in [-0.15, -0.1) is 0 Å². The number of likely N-dealkylation sites (tertiary alicyclic amines) is 1. The number of rotatable bonds is 5. The maximum atomic E-state index is 15.8. The van der Waals surface area contributed by atoms with Crippen molar-refractivity contribution in [3.63, 3.8) is 0 Å². The molecule has 0 saturated carbocycles. The van der Waals surface area contributed by atoms with Crippen molar-refractivity contribution in [3.05, 3.63) is 28.8 Å². The smallest absolute Gasteiger partial charge is 0.410 e. The summed E-state index contributed by atoms with van der Waals surface area (Å²) in [7, 11) is 0. The lowest BCUT2D eigenvalue weighted by Crippen LogP contribution is -2.60. The Balaban J connectivity index is 1.56. The minimum atomic E-state index is -3.34. The molecule has 10 nitrogen and oxygen atoms in total. The average Bonchev–Trinajstić information content (AvgIpc) is 3.33. The predicted molar refractivity (Wildman–Crippen MR) is 139 cm³/mol. The molecule has 1 saturated heterocycles. The molecule has 220 valence electrons. The molecule has 2 N–H and O–H groups in total. The van der Waals surface area contributed by atoms with Gasteiger partial charge in [-0.05, 0) is 60.5 Å². The van der Waals surface area contributed by atoms with Crippen LogP contribution in [0.2, 0.25) is 0 Å². The number of piperidine rings is 1. The van der Waals surface area contributed by atoms with E-state index in [0.29, 0.717) is 5.56 Å². The van der Waals surface area contributed by atoms with E-state index in [0.717, 1.165) is 4.90 Å². The summed E-state index contributed by atoms with van der Waals surface area (Å²) in [5.41, 5.74) is 3.28. The van der Waals surface area contributed by atoms with Crippen LogP contribution in [0.25, 0.3) is 0 Å². The van der Waals surface area contributed by atoms with Gasteiger partial charge in [0.15, 0.2) is 0 Å².